The van der Waals surface area contributed by atoms with Crippen LogP contribution in [0, 0.1) is 0 Å². The summed E-state index contributed by atoms with van der Waals surface area (Å²) in [6.45, 7) is 6.29. The molecular weight excluding hydrogens is 244 g/mol. The lowest BCUT2D eigenvalue weighted by Crippen LogP contribution is -2.49. The van der Waals surface area contributed by atoms with Crippen molar-refractivity contribution in [1.29, 1.82) is 0 Å². The summed E-state index contributed by atoms with van der Waals surface area (Å²) in [5.74, 6) is 0.161. The predicted octanol–water partition coefficient (Wildman–Crippen LogP) is -0.148. The molecule has 0 unspecified atom stereocenters. The van der Waals surface area contributed by atoms with Crippen LogP contribution in [0.3, 0.4) is 0 Å². The number of aromatic nitrogens is 2. The van der Waals surface area contributed by atoms with Crippen LogP contribution in [0.15, 0.2) is 12.4 Å². The van der Waals surface area contributed by atoms with Crippen molar-refractivity contribution in [2.24, 2.45) is 7.05 Å². The van der Waals surface area contributed by atoms with Crippen molar-refractivity contribution in [3.05, 3.63) is 18.0 Å². The molecule has 2 saturated heterocycles. The minimum Gasteiger partial charge on any atom is -0.359 e. The Morgan fingerprint density at radius 3 is 2.63 bits per heavy atom. The molecule has 6 heteroatoms. The van der Waals surface area contributed by atoms with Gasteiger partial charge in [-0.15, -0.1) is 0 Å². The molecule has 0 spiro atoms. The van der Waals surface area contributed by atoms with Crippen LogP contribution in [0.1, 0.15) is 12.5 Å². The van der Waals surface area contributed by atoms with E-state index in [1.54, 1.807) is 0 Å². The summed E-state index contributed by atoms with van der Waals surface area (Å²) < 4.78 is 7.06. The number of epoxide rings is 1. The van der Waals surface area contributed by atoms with Gasteiger partial charge in [-0.05, 0) is 6.92 Å². The van der Waals surface area contributed by atoms with E-state index >= 15 is 0 Å². The number of hydrogen-bond donors (Lipinski definition) is 0. The van der Waals surface area contributed by atoms with Crippen molar-refractivity contribution in [1.82, 2.24) is 19.6 Å². The van der Waals surface area contributed by atoms with Crippen LogP contribution >= 0.6 is 0 Å². The lowest BCUT2D eigenvalue weighted by atomic mass is 10.2. The van der Waals surface area contributed by atoms with Crippen LogP contribution in [0.5, 0.6) is 0 Å². The Bertz CT molecular complexity index is 465. The molecule has 6 nitrogen and oxygen atoms in total. The van der Waals surface area contributed by atoms with Gasteiger partial charge in [-0.25, -0.2) is 0 Å². The molecule has 19 heavy (non-hydrogen) atoms. The van der Waals surface area contributed by atoms with E-state index in [-0.39, 0.29) is 18.1 Å². The molecule has 2 aliphatic heterocycles. The fourth-order valence-corrected chi connectivity index (χ4v) is 2.56. The van der Waals surface area contributed by atoms with Gasteiger partial charge in [0.05, 0.1) is 12.3 Å². The van der Waals surface area contributed by atoms with Gasteiger partial charge >= 0.3 is 0 Å². The van der Waals surface area contributed by atoms with Crippen molar-refractivity contribution in [2.75, 3.05) is 26.2 Å². The van der Waals surface area contributed by atoms with E-state index in [0.717, 1.165) is 32.7 Å². The number of carbonyl (C=O) groups excluding carboxylic acids is 1. The zero-order valence-corrected chi connectivity index (χ0v) is 11.5. The number of aryl methyl sites for hydroxylation is 1. The largest absolute Gasteiger partial charge is 0.359 e. The summed E-state index contributed by atoms with van der Waals surface area (Å²) in [7, 11) is 1.93. The number of carbonyl (C=O) groups is 1. The third kappa shape index (κ3) is 2.79. The highest BCUT2D eigenvalue weighted by molar-refractivity contribution is 5.83. The molecule has 1 aromatic heterocycles. The summed E-state index contributed by atoms with van der Waals surface area (Å²) in [5.41, 5.74) is 1.22. The van der Waals surface area contributed by atoms with Gasteiger partial charge in [0, 0.05) is 51.5 Å². The molecule has 1 aromatic rings. The van der Waals surface area contributed by atoms with E-state index in [4.69, 9.17) is 4.74 Å². The van der Waals surface area contributed by atoms with Crippen LogP contribution in [-0.4, -0.2) is 63.9 Å². The molecule has 104 valence electrons. The SMILES string of the molecule is C[C@@H]1O[C@H]1C(=O)N1CCN(Cc2cnn(C)c2)CC1. The Hall–Kier alpha value is -1.40. The molecule has 1 amide bonds. The number of ether oxygens (including phenoxy) is 1. The molecule has 0 radical (unpaired) electrons. The minimum atomic E-state index is -0.176. The van der Waals surface area contributed by atoms with Gasteiger partial charge in [-0.3, -0.25) is 14.4 Å². The van der Waals surface area contributed by atoms with Crippen molar-refractivity contribution >= 4 is 5.91 Å². The van der Waals surface area contributed by atoms with E-state index in [9.17, 15) is 4.79 Å². The zero-order valence-electron chi connectivity index (χ0n) is 11.5. The number of hydrogen-bond acceptors (Lipinski definition) is 4. The summed E-state index contributed by atoms with van der Waals surface area (Å²) in [5, 5.41) is 4.17. The summed E-state index contributed by atoms with van der Waals surface area (Å²) >= 11 is 0. The first-order chi connectivity index (χ1) is 9.13. The molecule has 0 aromatic carbocycles. The zero-order chi connectivity index (χ0) is 13.4. The molecule has 2 atom stereocenters. The summed E-state index contributed by atoms with van der Waals surface area (Å²) in [6, 6.07) is 0. The van der Waals surface area contributed by atoms with Gasteiger partial charge in [0.15, 0.2) is 6.10 Å². The van der Waals surface area contributed by atoms with Gasteiger partial charge in [-0.1, -0.05) is 0 Å². The Morgan fingerprint density at radius 1 is 1.42 bits per heavy atom. The summed E-state index contributed by atoms with van der Waals surface area (Å²) in [4.78, 5) is 16.3. The van der Waals surface area contributed by atoms with Crippen LogP contribution < -0.4 is 0 Å². The van der Waals surface area contributed by atoms with Crippen molar-refractivity contribution in [2.45, 2.75) is 25.7 Å². The average molecular weight is 264 g/mol. The van der Waals surface area contributed by atoms with Crippen molar-refractivity contribution < 1.29 is 9.53 Å². The van der Waals surface area contributed by atoms with E-state index in [1.165, 1.54) is 5.56 Å². The van der Waals surface area contributed by atoms with Crippen LogP contribution in [0.25, 0.3) is 0 Å². The first-order valence-electron chi connectivity index (χ1n) is 6.77. The van der Waals surface area contributed by atoms with Crippen LogP contribution in [0.2, 0.25) is 0 Å². The van der Waals surface area contributed by atoms with Gasteiger partial charge in [-0.2, -0.15) is 5.10 Å². The number of nitrogens with zero attached hydrogens (tertiary/aromatic N) is 4. The topological polar surface area (TPSA) is 53.9 Å². The van der Waals surface area contributed by atoms with E-state index in [2.05, 4.69) is 10.00 Å². The normalized spacial score (nSPS) is 27.6. The first-order valence-corrected chi connectivity index (χ1v) is 6.77. The molecule has 3 rings (SSSR count). The fourth-order valence-electron chi connectivity index (χ4n) is 2.56. The third-order valence-corrected chi connectivity index (χ3v) is 3.80. The highest BCUT2D eigenvalue weighted by Gasteiger charge is 2.43. The molecule has 0 aliphatic carbocycles. The maximum atomic E-state index is 12.0. The van der Waals surface area contributed by atoms with E-state index in [1.807, 2.05) is 35.9 Å². The maximum Gasteiger partial charge on any atom is 0.254 e. The second-order valence-electron chi connectivity index (χ2n) is 5.39. The molecule has 3 heterocycles. The summed E-state index contributed by atoms with van der Waals surface area (Å²) in [6.07, 6.45) is 3.87. The lowest BCUT2D eigenvalue weighted by molar-refractivity contribution is -0.134. The maximum absolute atomic E-state index is 12.0. The van der Waals surface area contributed by atoms with Gasteiger partial charge < -0.3 is 9.64 Å². The van der Waals surface area contributed by atoms with Crippen LogP contribution in [0.4, 0.5) is 0 Å². The second-order valence-corrected chi connectivity index (χ2v) is 5.39. The minimum absolute atomic E-state index is 0.112. The first kappa shape index (κ1) is 12.6. The molecule has 2 aliphatic rings. The molecule has 0 N–H and O–H groups in total. The quantitative estimate of drug-likeness (QED) is 0.713. The predicted molar refractivity (Wildman–Crippen MR) is 69.4 cm³/mol. The molecule has 0 bridgehead atoms. The highest BCUT2D eigenvalue weighted by Crippen LogP contribution is 2.23. The third-order valence-electron chi connectivity index (χ3n) is 3.80. The highest BCUT2D eigenvalue weighted by atomic mass is 16.6. The Kier molecular flexibility index (Phi) is 3.28. The van der Waals surface area contributed by atoms with Crippen LogP contribution in [-0.2, 0) is 23.1 Å². The van der Waals surface area contributed by atoms with E-state index in [0.29, 0.717) is 0 Å². The Balaban J connectivity index is 1.48. The standard InChI is InChI=1S/C13H20N4O2/c1-10-12(19-10)13(18)17-5-3-16(4-6-17)9-11-7-14-15(2)8-11/h7-8,10,12H,3-6,9H2,1-2H3/t10-,12+/m0/s1. The second kappa shape index (κ2) is 4.94. The number of rotatable bonds is 3. The van der Waals surface area contributed by atoms with E-state index < -0.39 is 0 Å². The molecule has 0 saturated carbocycles. The smallest absolute Gasteiger partial charge is 0.254 e. The van der Waals surface area contributed by atoms with Crippen molar-refractivity contribution in [3.8, 4) is 0 Å². The van der Waals surface area contributed by atoms with Gasteiger partial charge in [0.25, 0.3) is 5.91 Å². The van der Waals surface area contributed by atoms with Crippen molar-refractivity contribution in [3.63, 3.8) is 0 Å². The van der Waals surface area contributed by atoms with Gasteiger partial charge in [0.1, 0.15) is 0 Å². The Labute approximate surface area is 112 Å². The van der Waals surface area contributed by atoms with Gasteiger partial charge in [0.2, 0.25) is 0 Å². The average Bonchev–Trinajstić information content (AvgIpc) is 2.99. The monoisotopic (exact) mass is 264 g/mol. The Morgan fingerprint density at radius 2 is 2.11 bits per heavy atom. The fraction of sp³-hybridized carbons (Fsp3) is 0.692. The molecular formula is C13H20N4O2. The number of piperazine rings is 1. The number of amides is 1. The molecule has 2 fully saturated rings. The lowest BCUT2D eigenvalue weighted by Gasteiger charge is -2.34.